The van der Waals surface area contributed by atoms with E-state index < -0.39 is 18.2 Å². The summed E-state index contributed by atoms with van der Waals surface area (Å²) < 4.78 is 17.1. The summed E-state index contributed by atoms with van der Waals surface area (Å²) in [6.07, 6.45) is -1.55. The third-order valence-electron chi connectivity index (χ3n) is 3.66. The van der Waals surface area contributed by atoms with Crippen LogP contribution in [-0.2, 0) is 14.2 Å². The van der Waals surface area contributed by atoms with Gasteiger partial charge in [-0.2, -0.15) is 11.8 Å². The van der Waals surface area contributed by atoms with E-state index in [1.165, 1.54) is 0 Å². The summed E-state index contributed by atoms with van der Waals surface area (Å²) in [5.74, 6) is 1.68. The smallest absolute Gasteiger partial charge is 0.190 e. The molecular formula is C12H21NO4S. The maximum absolute atomic E-state index is 10.3. The molecule has 4 atom stereocenters. The molecule has 0 amide bonds. The molecule has 0 aliphatic carbocycles. The van der Waals surface area contributed by atoms with Gasteiger partial charge in [-0.25, -0.2) is 0 Å². The van der Waals surface area contributed by atoms with Gasteiger partial charge in [0.05, 0.1) is 0 Å². The quantitative estimate of drug-likeness (QED) is 0.781. The number of hydrogen-bond donors (Lipinski definition) is 1. The highest BCUT2D eigenvalue weighted by molar-refractivity contribution is 7.99. The zero-order valence-electron chi connectivity index (χ0n) is 10.9. The van der Waals surface area contributed by atoms with Gasteiger partial charge in [0.1, 0.15) is 18.3 Å². The number of aliphatic hydroxyl groups is 1. The summed E-state index contributed by atoms with van der Waals surface area (Å²) in [5.41, 5.74) is 0. The van der Waals surface area contributed by atoms with Crippen molar-refractivity contribution in [2.24, 2.45) is 0 Å². The van der Waals surface area contributed by atoms with Crippen molar-refractivity contribution in [3.05, 3.63) is 0 Å². The van der Waals surface area contributed by atoms with Gasteiger partial charge in [0, 0.05) is 31.1 Å². The van der Waals surface area contributed by atoms with Crippen molar-refractivity contribution in [1.29, 1.82) is 0 Å². The Kier molecular flexibility index (Phi) is 3.59. The molecule has 0 radical (unpaired) electrons. The van der Waals surface area contributed by atoms with Crippen molar-refractivity contribution in [2.45, 2.75) is 44.2 Å². The van der Waals surface area contributed by atoms with Crippen LogP contribution in [0.5, 0.6) is 0 Å². The summed E-state index contributed by atoms with van der Waals surface area (Å²) in [4.78, 5) is 2.34. The Morgan fingerprint density at radius 2 is 2.00 bits per heavy atom. The van der Waals surface area contributed by atoms with E-state index in [1.807, 2.05) is 25.6 Å². The molecule has 18 heavy (non-hydrogen) atoms. The van der Waals surface area contributed by atoms with Crippen LogP contribution in [0, 0.1) is 0 Å². The van der Waals surface area contributed by atoms with Crippen LogP contribution in [0.4, 0.5) is 0 Å². The first-order valence-corrected chi connectivity index (χ1v) is 7.70. The normalized spacial score (nSPS) is 44.2. The summed E-state index contributed by atoms with van der Waals surface area (Å²) in [7, 11) is 0. The van der Waals surface area contributed by atoms with Crippen LogP contribution in [-0.4, -0.2) is 71.5 Å². The number of nitrogens with zero attached hydrogens (tertiary/aromatic N) is 1. The Hall–Kier alpha value is 0.150. The summed E-state index contributed by atoms with van der Waals surface area (Å²) in [6.45, 7) is 6.60. The SMILES string of the molecule is CC1(C)O[C@H]2O[C@H](CN3CCSCC3)[C@H](O)[C@H]2O1. The van der Waals surface area contributed by atoms with Crippen LogP contribution in [0.3, 0.4) is 0 Å². The number of aliphatic hydroxyl groups excluding tert-OH is 1. The molecule has 3 fully saturated rings. The van der Waals surface area contributed by atoms with Crippen molar-refractivity contribution < 1.29 is 19.3 Å². The summed E-state index contributed by atoms with van der Waals surface area (Å²) >= 11 is 1.98. The monoisotopic (exact) mass is 275 g/mol. The Balaban J connectivity index is 1.57. The lowest BCUT2D eigenvalue weighted by Gasteiger charge is -2.30. The highest BCUT2D eigenvalue weighted by atomic mass is 32.2. The molecule has 0 saturated carbocycles. The first kappa shape index (κ1) is 13.1. The van der Waals surface area contributed by atoms with Crippen molar-refractivity contribution in [3.63, 3.8) is 0 Å². The lowest BCUT2D eigenvalue weighted by molar-refractivity contribution is -0.216. The highest BCUT2D eigenvalue weighted by Crippen LogP contribution is 2.37. The van der Waals surface area contributed by atoms with Gasteiger partial charge in [-0.3, -0.25) is 4.90 Å². The van der Waals surface area contributed by atoms with Crippen molar-refractivity contribution in [2.75, 3.05) is 31.1 Å². The molecule has 0 bridgehead atoms. The van der Waals surface area contributed by atoms with Crippen LogP contribution in [0.15, 0.2) is 0 Å². The molecule has 3 rings (SSSR count). The second-order valence-electron chi connectivity index (χ2n) is 5.55. The molecule has 0 aromatic heterocycles. The molecule has 6 heteroatoms. The fourth-order valence-corrected chi connectivity index (χ4v) is 3.73. The standard InChI is InChI=1S/C12H21NO4S/c1-12(2)16-10-9(14)8(15-11(10)17-12)7-13-3-5-18-6-4-13/h8-11,14H,3-7H2,1-2H3/t8-,9+,10-,11-/m1/s1. The van der Waals surface area contributed by atoms with Gasteiger partial charge in [0.2, 0.25) is 0 Å². The van der Waals surface area contributed by atoms with Gasteiger partial charge in [-0.15, -0.1) is 0 Å². The van der Waals surface area contributed by atoms with Crippen molar-refractivity contribution in [1.82, 2.24) is 4.90 Å². The molecule has 3 aliphatic rings. The number of rotatable bonds is 2. The Bertz CT molecular complexity index is 308. The van der Waals surface area contributed by atoms with E-state index in [9.17, 15) is 5.11 Å². The van der Waals surface area contributed by atoms with Gasteiger partial charge in [-0.1, -0.05) is 0 Å². The van der Waals surface area contributed by atoms with Gasteiger partial charge < -0.3 is 19.3 Å². The molecule has 0 unspecified atom stereocenters. The van der Waals surface area contributed by atoms with E-state index in [0.29, 0.717) is 0 Å². The van der Waals surface area contributed by atoms with E-state index in [0.717, 1.165) is 31.1 Å². The fourth-order valence-electron chi connectivity index (χ4n) is 2.75. The van der Waals surface area contributed by atoms with Crippen LogP contribution in [0.2, 0.25) is 0 Å². The van der Waals surface area contributed by atoms with E-state index in [2.05, 4.69) is 4.90 Å². The molecule has 0 aromatic carbocycles. The molecule has 0 spiro atoms. The summed E-state index contributed by atoms with van der Waals surface area (Å²) in [6, 6.07) is 0. The van der Waals surface area contributed by atoms with Crippen molar-refractivity contribution in [3.8, 4) is 0 Å². The van der Waals surface area contributed by atoms with Gasteiger partial charge in [0.15, 0.2) is 12.1 Å². The van der Waals surface area contributed by atoms with Gasteiger partial charge >= 0.3 is 0 Å². The molecule has 1 N–H and O–H groups in total. The van der Waals surface area contributed by atoms with Crippen molar-refractivity contribution >= 4 is 11.8 Å². The Labute approximate surface area is 112 Å². The summed E-state index contributed by atoms with van der Waals surface area (Å²) in [5, 5.41) is 10.3. The minimum Gasteiger partial charge on any atom is -0.387 e. The second-order valence-corrected chi connectivity index (χ2v) is 6.77. The van der Waals surface area contributed by atoms with E-state index in [1.54, 1.807) is 0 Å². The molecule has 3 heterocycles. The molecule has 3 aliphatic heterocycles. The third-order valence-corrected chi connectivity index (χ3v) is 4.60. The predicted octanol–water partition coefficient (Wildman–Crippen LogP) is 0.272. The molecule has 3 saturated heterocycles. The zero-order valence-corrected chi connectivity index (χ0v) is 11.7. The second kappa shape index (κ2) is 4.92. The minimum atomic E-state index is -0.650. The minimum absolute atomic E-state index is 0.195. The fraction of sp³-hybridized carbons (Fsp3) is 1.00. The number of hydrogen-bond acceptors (Lipinski definition) is 6. The number of ether oxygens (including phenoxy) is 3. The van der Waals surface area contributed by atoms with Crippen LogP contribution in [0.1, 0.15) is 13.8 Å². The zero-order chi connectivity index (χ0) is 12.8. The number of fused-ring (bicyclic) bond motifs is 1. The van der Waals surface area contributed by atoms with Crippen LogP contribution < -0.4 is 0 Å². The Morgan fingerprint density at radius 1 is 1.28 bits per heavy atom. The third kappa shape index (κ3) is 2.55. The average Bonchev–Trinajstić information content (AvgIpc) is 2.76. The van der Waals surface area contributed by atoms with Crippen LogP contribution >= 0.6 is 11.8 Å². The maximum atomic E-state index is 10.3. The molecule has 5 nitrogen and oxygen atoms in total. The van der Waals surface area contributed by atoms with Gasteiger partial charge in [0.25, 0.3) is 0 Å². The predicted molar refractivity (Wildman–Crippen MR) is 68.5 cm³/mol. The lowest BCUT2D eigenvalue weighted by Crippen LogP contribution is -2.44. The molecular weight excluding hydrogens is 254 g/mol. The van der Waals surface area contributed by atoms with E-state index in [4.69, 9.17) is 14.2 Å². The topological polar surface area (TPSA) is 51.2 Å². The lowest BCUT2D eigenvalue weighted by atomic mass is 10.1. The van der Waals surface area contributed by atoms with E-state index >= 15 is 0 Å². The first-order chi connectivity index (χ1) is 8.55. The number of thioether (sulfide) groups is 1. The van der Waals surface area contributed by atoms with Gasteiger partial charge in [-0.05, 0) is 13.8 Å². The molecule has 0 aromatic rings. The highest BCUT2D eigenvalue weighted by Gasteiger charge is 2.54. The average molecular weight is 275 g/mol. The Morgan fingerprint density at radius 3 is 2.67 bits per heavy atom. The molecule has 104 valence electrons. The van der Waals surface area contributed by atoms with E-state index in [-0.39, 0.29) is 12.2 Å². The maximum Gasteiger partial charge on any atom is 0.190 e. The first-order valence-electron chi connectivity index (χ1n) is 6.54. The van der Waals surface area contributed by atoms with Crippen LogP contribution in [0.25, 0.3) is 0 Å². The largest absolute Gasteiger partial charge is 0.387 e.